The van der Waals surface area contributed by atoms with E-state index in [9.17, 15) is 44.7 Å². The number of anilines is 2. The molecule has 0 radical (unpaired) electrons. The van der Waals surface area contributed by atoms with Gasteiger partial charge in [-0.15, -0.1) is 0 Å². The van der Waals surface area contributed by atoms with Gasteiger partial charge in [0, 0.05) is 24.3 Å². The molecule has 0 saturated carbocycles. The second kappa shape index (κ2) is 11.6. The summed E-state index contributed by atoms with van der Waals surface area (Å²) in [7, 11) is 3.98. The van der Waals surface area contributed by atoms with E-state index in [1.807, 2.05) is 0 Å². The fourth-order valence-electron chi connectivity index (χ4n) is 3.00. The normalized spacial score (nSPS) is 12.4. The molecule has 0 atom stereocenters. The monoisotopic (exact) mass is 628 g/mol. The molecule has 0 aromatic heterocycles. The lowest BCUT2D eigenvalue weighted by atomic mass is 9.97. The first-order chi connectivity index (χ1) is 18.3. The number of benzene rings is 2. The molecule has 0 saturated heterocycles. The fourth-order valence-corrected chi connectivity index (χ4v) is 3.46. The van der Waals surface area contributed by atoms with E-state index in [0.717, 1.165) is 40.6 Å². The van der Waals surface area contributed by atoms with Crippen LogP contribution in [0.2, 0.25) is 10.0 Å². The van der Waals surface area contributed by atoms with Gasteiger partial charge < -0.3 is 29.6 Å². The molecular formula is C22H18Cl2F8N2O6. The smallest absolute Gasteiger partial charge is 0.393 e. The van der Waals surface area contributed by atoms with Crippen LogP contribution in [0.25, 0.3) is 0 Å². The van der Waals surface area contributed by atoms with Crippen molar-refractivity contribution < 1.29 is 63.7 Å². The van der Waals surface area contributed by atoms with Gasteiger partial charge in [0.2, 0.25) is 0 Å². The summed E-state index contributed by atoms with van der Waals surface area (Å²) in [5, 5.41) is 1.98. The molecular weight excluding hydrogens is 611 g/mol. The standard InChI is InChI=1S/C22H18Cl2F8N2O6/c1-37-13-7-11(15(39-3)5-9(13)23)33-17(35)19(25,26)21(29,30)22(31,32)20(27,28)18(36)34-12-8-14(38-2)10(24)6-16(12)40-4/h5-8H,1-4H3,(H,33,35)(H,34,36). The Balaban J connectivity index is 2.45. The summed E-state index contributed by atoms with van der Waals surface area (Å²) in [5.74, 6) is -35.3. The highest BCUT2D eigenvalue weighted by Gasteiger charge is 2.84. The number of alkyl halides is 8. The lowest BCUT2D eigenvalue weighted by Gasteiger charge is -2.35. The summed E-state index contributed by atoms with van der Waals surface area (Å²) < 4.78 is 135. The molecule has 0 aliphatic carbocycles. The lowest BCUT2D eigenvalue weighted by Crippen LogP contribution is -2.67. The first-order valence-electron chi connectivity index (χ1n) is 10.3. The van der Waals surface area contributed by atoms with Crippen LogP contribution in [-0.4, -0.2) is 63.9 Å². The van der Waals surface area contributed by atoms with Crippen molar-refractivity contribution >= 4 is 46.4 Å². The van der Waals surface area contributed by atoms with Gasteiger partial charge in [0.1, 0.15) is 23.0 Å². The number of rotatable bonds is 11. The van der Waals surface area contributed by atoms with E-state index in [1.165, 1.54) is 10.6 Å². The molecule has 2 rings (SSSR count). The van der Waals surface area contributed by atoms with E-state index in [-0.39, 0.29) is 21.5 Å². The number of carbonyl (C=O) groups excluding carboxylic acids is 2. The molecule has 0 fully saturated rings. The van der Waals surface area contributed by atoms with Gasteiger partial charge in [-0.1, -0.05) is 23.2 Å². The maximum atomic E-state index is 14.5. The molecule has 2 N–H and O–H groups in total. The summed E-state index contributed by atoms with van der Waals surface area (Å²) in [6, 6.07) is 3.20. The van der Waals surface area contributed by atoms with Crippen LogP contribution in [0.4, 0.5) is 46.5 Å². The Kier molecular flexibility index (Phi) is 9.52. The molecule has 2 aromatic carbocycles. The molecule has 222 valence electrons. The quantitative estimate of drug-likeness (QED) is 0.290. The molecule has 0 bridgehead atoms. The van der Waals surface area contributed by atoms with E-state index in [4.69, 9.17) is 42.1 Å². The molecule has 0 aliphatic heterocycles. The maximum absolute atomic E-state index is 14.5. The molecule has 18 heteroatoms. The maximum Gasteiger partial charge on any atom is 0.393 e. The van der Waals surface area contributed by atoms with E-state index < -0.39 is 58.4 Å². The van der Waals surface area contributed by atoms with Crippen LogP contribution < -0.4 is 29.6 Å². The Labute approximate surface area is 230 Å². The minimum absolute atomic E-state index is 0.193. The highest BCUT2D eigenvalue weighted by molar-refractivity contribution is 6.32. The zero-order valence-corrected chi connectivity index (χ0v) is 22.1. The van der Waals surface area contributed by atoms with Crippen LogP contribution in [-0.2, 0) is 9.59 Å². The fraction of sp³-hybridized carbons (Fsp3) is 0.364. The number of ether oxygens (including phenoxy) is 4. The molecule has 0 unspecified atom stereocenters. The summed E-state index contributed by atoms with van der Waals surface area (Å²) in [6.45, 7) is 0. The van der Waals surface area contributed by atoms with E-state index in [2.05, 4.69) is 0 Å². The number of nitrogens with one attached hydrogen (secondary N) is 2. The molecule has 40 heavy (non-hydrogen) atoms. The molecule has 0 heterocycles. The summed E-state index contributed by atoms with van der Waals surface area (Å²) >= 11 is 11.6. The Morgan fingerprint density at radius 2 is 0.850 bits per heavy atom. The predicted octanol–water partition coefficient (Wildman–Crippen LogP) is 6.15. The molecule has 0 spiro atoms. The van der Waals surface area contributed by atoms with Crippen LogP contribution in [0.5, 0.6) is 23.0 Å². The Morgan fingerprint density at radius 1 is 0.575 bits per heavy atom. The summed E-state index contributed by atoms with van der Waals surface area (Å²) in [5.41, 5.74) is -1.64. The topological polar surface area (TPSA) is 95.1 Å². The van der Waals surface area contributed by atoms with Crippen LogP contribution in [0.3, 0.4) is 0 Å². The number of halogens is 10. The van der Waals surface area contributed by atoms with Crippen molar-refractivity contribution in [3.8, 4) is 23.0 Å². The number of hydrogen-bond acceptors (Lipinski definition) is 6. The van der Waals surface area contributed by atoms with Crippen molar-refractivity contribution in [2.45, 2.75) is 23.7 Å². The van der Waals surface area contributed by atoms with Crippen molar-refractivity contribution in [2.24, 2.45) is 0 Å². The SMILES string of the molecule is COc1cc(NC(=O)C(F)(F)C(F)(F)C(F)(F)C(F)(F)C(=O)Nc2cc(OC)c(Cl)cc2OC)c(OC)cc1Cl. The Morgan fingerprint density at radius 3 is 1.10 bits per heavy atom. The van der Waals surface area contributed by atoms with Crippen LogP contribution in [0.15, 0.2) is 24.3 Å². The van der Waals surface area contributed by atoms with Crippen LogP contribution in [0, 0.1) is 0 Å². The predicted molar refractivity (Wildman–Crippen MR) is 126 cm³/mol. The molecule has 2 amide bonds. The second-order valence-electron chi connectivity index (χ2n) is 7.58. The van der Waals surface area contributed by atoms with Gasteiger partial charge in [-0.2, -0.15) is 35.1 Å². The minimum Gasteiger partial charge on any atom is -0.495 e. The van der Waals surface area contributed by atoms with E-state index >= 15 is 0 Å². The third kappa shape index (κ3) is 5.59. The van der Waals surface area contributed by atoms with Crippen LogP contribution in [0.1, 0.15) is 0 Å². The highest BCUT2D eigenvalue weighted by atomic mass is 35.5. The van der Waals surface area contributed by atoms with Gasteiger partial charge in [0.25, 0.3) is 0 Å². The number of methoxy groups -OCH3 is 4. The molecule has 2 aromatic rings. The second-order valence-corrected chi connectivity index (χ2v) is 8.39. The van der Waals surface area contributed by atoms with E-state index in [0.29, 0.717) is 12.1 Å². The van der Waals surface area contributed by atoms with Gasteiger partial charge in [-0.3, -0.25) is 9.59 Å². The van der Waals surface area contributed by atoms with Gasteiger partial charge >= 0.3 is 35.5 Å². The van der Waals surface area contributed by atoms with Gasteiger partial charge in [-0.05, 0) is 0 Å². The summed E-state index contributed by atoms with van der Waals surface area (Å²) in [4.78, 5) is 24.1. The largest absolute Gasteiger partial charge is 0.495 e. The highest BCUT2D eigenvalue weighted by Crippen LogP contribution is 2.53. The first-order valence-corrected chi connectivity index (χ1v) is 11.1. The Hall–Kier alpha value is -3.40. The third-order valence-corrected chi connectivity index (χ3v) is 5.79. The number of hydrogen-bond donors (Lipinski definition) is 2. The number of amides is 2. The lowest BCUT2D eigenvalue weighted by molar-refractivity contribution is -0.345. The average Bonchev–Trinajstić information content (AvgIpc) is 2.89. The van der Waals surface area contributed by atoms with Crippen molar-refractivity contribution in [3.63, 3.8) is 0 Å². The Bertz CT molecular complexity index is 1200. The van der Waals surface area contributed by atoms with Gasteiger partial charge in [0.05, 0.1) is 49.9 Å². The third-order valence-electron chi connectivity index (χ3n) is 5.20. The number of carbonyl (C=O) groups is 2. The van der Waals surface area contributed by atoms with Crippen molar-refractivity contribution in [1.29, 1.82) is 0 Å². The molecule has 0 aliphatic rings. The zero-order valence-electron chi connectivity index (χ0n) is 20.5. The summed E-state index contributed by atoms with van der Waals surface area (Å²) in [6.07, 6.45) is 0. The van der Waals surface area contributed by atoms with Crippen molar-refractivity contribution in [2.75, 3.05) is 39.1 Å². The molecule has 8 nitrogen and oxygen atoms in total. The average molecular weight is 629 g/mol. The van der Waals surface area contributed by atoms with Crippen molar-refractivity contribution in [1.82, 2.24) is 0 Å². The van der Waals surface area contributed by atoms with Gasteiger partial charge in [0.15, 0.2) is 0 Å². The first kappa shape index (κ1) is 32.8. The van der Waals surface area contributed by atoms with E-state index in [1.54, 1.807) is 0 Å². The van der Waals surface area contributed by atoms with Gasteiger partial charge in [-0.25, -0.2) is 0 Å². The minimum atomic E-state index is -7.14. The van der Waals surface area contributed by atoms with Crippen LogP contribution >= 0.6 is 23.2 Å². The van der Waals surface area contributed by atoms with Crippen molar-refractivity contribution in [3.05, 3.63) is 34.3 Å². The zero-order chi connectivity index (χ0) is 30.8.